The molecule has 0 saturated carbocycles. The first kappa shape index (κ1) is 9.48. The topological polar surface area (TPSA) is 23.5 Å². The van der Waals surface area contributed by atoms with Gasteiger partial charge in [0.2, 0.25) is 0 Å². The zero-order valence-electron chi connectivity index (χ0n) is 6.67. The molecule has 0 aromatic rings. The van der Waals surface area contributed by atoms with E-state index in [9.17, 15) is 0 Å². The average Bonchev–Trinajstić information content (AvgIpc) is 1.98. The Bertz CT molecular complexity index is 117. The van der Waals surface area contributed by atoms with Gasteiger partial charge in [0.1, 0.15) is 0 Å². The van der Waals surface area contributed by atoms with E-state index in [0.29, 0.717) is 0 Å². The van der Waals surface area contributed by atoms with E-state index in [1.807, 2.05) is 18.9 Å². The van der Waals surface area contributed by atoms with Crippen LogP contribution in [0.1, 0.15) is 13.3 Å². The van der Waals surface area contributed by atoms with Gasteiger partial charge in [-0.2, -0.15) is 0 Å². The minimum atomic E-state index is 0.173. The quantitative estimate of drug-likeness (QED) is 0.570. The van der Waals surface area contributed by atoms with E-state index < -0.39 is 0 Å². The van der Waals surface area contributed by atoms with Crippen LogP contribution in [0.2, 0.25) is 0 Å². The predicted molar refractivity (Wildman–Crippen MR) is 42.6 cm³/mol. The first-order chi connectivity index (χ1) is 4.72. The predicted octanol–water partition coefficient (Wildman–Crippen LogP) is 0.322. The summed E-state index contributed by atoms with van der Waals surface area (Å²) in [6.45, 7) is 3.07. The maximum absolute atomic E-state index is 8.49. The number of aliphatic hydroxyl groups excluding tert-OH is 1. The SMILES string of the molecule is C#CC(C)N(C)CCCO. The lowest BCUT2D eigenvalue weighted by Gasteiger charge is -2.18. The molecule has 0 spiro atoms. The number of nitrogens with zero attached hydrogens (tertiary/aromatic N) is 1. The van der Waals surface area contributed by atoms with Crippen molar-refractivity contribution in [3.8, 4) is 12.3 Å². The number of hydrogen-bond donors (Lipinski definition) is 1. The minimum absolute atomic E-state index is 0.173. The summed E-state index contributed by atoms with van der Waals surface area (Å²) in [5, 5.41) is 8.49. The van der Waals surface area contributed by atoms with Gasteiger partial charge in [-0.25, -0.2) is 0 Å². The van der Waals surface area contributed by atoms with Gasteiger partial charge in [-0.15, -0.1) is 6.42 Å². The normalized spacial score (nSPS) is 13.1. The molecule has 1 atom stereocenters. The molecule has 0 aliphatic carbocycles. The van der Waals surface area contributed by atoms with Gasteiger partial charge >= 0.3 is 0 Å². The molecule has 0 aliphatic rings. The zero-order chi connectivity index (χ0) is 7.98. The van der Waals surface area contributed by atoms with Crippen molar-refractivity contribution < 1.29 is 5.11 Å². The Kier molecular flexibility index (Phi) is 5.00. The summed E-state index contributed by atoms with van der Waals surface area (Å²) in [6, 6.07) is 0.173. The molecule has 0 bridgehead atoms. The van der Waals surface area contributed by atoms with Crippen LogP contribution in [0.4, 0.5) is 0 Å². The lowest BCUT2D eigenvalue weighted by atomic mass is 10.3. The minimum Gasteiger partial charge on any atom is -0.396 e. The lowest BCUT2D eigenvalue weighted by Crippen LogP contribution is -2.28. The third-order valence-corrected chi connectivity index (χ3v) is 1.57. The van der Waals surface area contributed by atoms with E-state index in [-0.39, 0.29) is 12.6 Å². The lowest BCUT2D eigenvalue weighted by molar-refractivity contribution is 0.237. The Morgan fingerprint density at radius 2 is 2.30 bits per heavy atom. The molecule has 0 amide bonds. The molecule has 0 heterocycles. The Labute approximate surface area is 62.8 Å². The van der Waals surface area contributed by atoms with Crippen molar-refractivity contribution in [3.05, 3.63) is 0 Å². The van der Waals surface area contributed by atoms with E-state index in [4.69, 9.17) is 11.5 Å². The van der Waals surface area contributed by atoms with Crippen molar-refractivity contribution in [2.75, 3.05) is 20.2 Å². The summed E-state index contributed by atoms with van der Waals surface area (Å²) in [4.78, 5) is 2.04. The summed E-state index contributed by atoms with van der Waals surface area (Å²) in [5.41, 5.74) is 0. The standard InChI is InChI=1S/C8H15NO/c1-4-8(2)9(3)6-5-7-10/h1,8,10H,5-7H2,2-3H3. The van der Waals surface area contributed by atoms with Gasteiger partial charge in [0.25, 0.3) is 0 Å². The fourth-order valence-electron chi connectivity index (χ4n) is 0.641. The molecule has 0 saturated heterocycles. The van der Waals surface area contributed by atoms with Crippen LogP contribution >= 0.6 is 0 Å². The molecule has 1 unspecified atom stereocenters. The third kappa shape index (κ3) is 3.49. The van der Waals surface area contributed by atoms with Crippen LogP contribution in [0.15, 0.2) is 0 Å². The molecule has 10 heavy (non-hydrogen) atoms. The van der Waals surface area contributed by atoms with E-state index >= 15 is 0 Å². The first-order valence-corrected chi connectivity index (χ1v) is 3.49. The molecule has 2 heteroatoms. The Morgan fingerprint density at radius 1 is 1.70 bits per heavy atom. The molecule has 0 aliphatic heterocycles. The van der Waals surface area contributed by atoms with Gasteiger partial charge in [0.05, 0.1) is 6.04 Å². The maximum atomic E-state index is 8.49. The molecule has 1 N–H and O–H groups in total. The second-order valence-corrected chi connectivity index (χ2v) is 2.40. The highest BCUT2D eigenvalue weighted by Crippen LogP contribution is 1.93. The molecule has 0 aromatic carbocycles. The highest BCUT2D eigenvalue weighted by atomic mass is 16.3. The number of rotatable bonds is 4. The third-order valence-electron chi connectivity index (χ3n) is 1.57. The average molecular weight is 141 g/mol. The van der Waals surface area contributed by atoms with Gasteiger partial charge in [-0.3, -0.25) is 4.90 Å². The molecular formula is C8H15NO. The summed E-state index contributed by atoms with van der Waals surface area (Å²) < 4.78 is 0. The monoisotopic (exact) mass is 141 g/mol. The Morgan fingerprint density at radius 3 is 2.70 bits per heavy atom. The van der Waals surface area contributed by atoms with Crippen molar-refractivity contribution in [3.63, 3.8) is 0 Å². The molecule has 0 rings (SSSR count). The second-order valence-electron chi connectivity index (χ2n) is 2.40. The van der Waals surface area contributed by atoms with Crippen LogP contribution in [-0.4, -0.2) is 36.2 Å². The summed E-state index contributed by atoms with van der Waals surface area (Å²) >= 11 is 0. The van der Waals surface area contributed by atoms with E-state index in [2.05, 4.69) is 5.92 Å². The van der Waals surface area contributed by atoms with Crippen LogP contribution in [0.25, 0.3) is 0 Å². The second kappa shape index (κ2) is 5.28. The summed E-state index contributed by atoms with van der Waals surface area (Å²) in [7, 11) is 1.96. The fourth-order valence-corrected chi connectivity index (χ4v) is 0.641. The van der Waals surface area contributed by atoms with Crippen LogP contribution in [0.3, 0.4) is 0 Å². The van der Waals surface area contributed by atoms with Crippen molar-refractivity contribution in [1.82, 2.24) is 4.90 Å². The van der Waals surface area contributed by atoms with E-state index in [0.717, 1.165) is 13.0 Å². The smallest absolute Gasteiger partial charge is 0.0680 e. The summed E-state index contributed by atoms with van der Waals surface area (Å²) in [6.07, 6.45) is 5.98. The van der Waals surface area contributed by atoms with Crippen molar-refractivity contribution in [1.29, 1.82) is 0 Å². The fraction of sp³-hybridized carbons (Fsp3) is 0.750. The molecule has 0 fully saturated rings. The van der Waals surface area contributed by atoms with Crippen LogP contribution < -0.4 is 0 Å². The first-order valence-electron chi connectivity index (χ1n) is 3.49. The van der Waals surface area contributed by atoms with Gasteiger partial charge in [-0.05, 0) is 20.4 Å². The highest BCUT2D eigenvalue weighted by molar-refractivity contribution is 4.96. The van der Waals surface area contributed by atoms with Crippen molar-refractivity contribution in [2.45, 2.75) is 19.4 Å². The number of aliphatic hydroxyl groups is 1. The summed E-state index contributed by atoms with van der Waals surface area (Å²) in [5.74, 6) is 2.62. The largest absolute Gasteiger partial charge is 0.396 e. The molecule has 2 nitrogen and oxygen atoms in total. The zero-order valence-corrected chi connectivity index (χ0v) is 6.67. The van der Waals surface area contributed by atoms with Crippen LogP contribution in [0.5, 0.6) is 0 Å². The van der Waals surface area contributed by atoms with Crippen molar-refractivity contribution in [2.24, 2.45) is 0 Å². The van der Waals surface area contributed by atoms with Crippen LogP contribution in [-0.2, 0) is 0 Å². The molecular weight excluding hydrogens is 126 g/mol. The van der Waals surface area contributed by atoms with Gasteiger partial charge in [0, 0.05) is 13.2 Å². The molecule has 0 radical (unpaired) electrons. The highest BCUT2D eigenvalue weighted by Gasteiger charge is 2.02. The Balaban J connectivity index is 3.43. The van der Waals surface area contributed by atoms with Gasteiger partial charge < -0.3 is 5.11 Å². The van der Waals surface area contributed by atoms with E-state index in [1.165, 1.54) is 0 Å². The maximum Gasteiger partial charge on any atom is 0.0680 e. The number of hydrogen-bond acceptors (Lipinski definition) is 2. The van der Waals surface area contributed by atoms with Gasteiger partial charge in [-0.1, -0.05) is 5.92 Å². The van der Waals surface area contributed by atoms with Gasteiger partial charge in [0.15, 0.2) is 0 Å². The van der Waals surface area contributed by atoms with Crippen LogP contribution in [0, 0.1) is 12.3 Å². The molecule has 0 aromatic heterocycles. The van der Waals surface area contributed by atoms with E-state index in [1.54, 1.807) is 0 Å². The molecule has 58 valence electrons. The number of terminal acetylenes is 1. The Hall–Kier alpha value is -0.520. The van der Waals surface area contributed by atoms with Crippen molar-refractivity contribution >= 4 is 0 Å².